The molecule has 18 heavy (non-hydrogen) atoms. The van der Waals surface area contributed by atoms with Crippen LogP contribution in [0, 0.1) is 10.6 Å². The highest BCUT2D eigenvalue weighted by molar-refractivity contribution is 9.10. The van der Waals surface area contributed by atoms with E-state index in [0.717, 1.165) is 4.47 Å². The number of hydrogen-bond acceptors (Lipinski definition) is 3. The first kappa shape index (κ1) is 13.1. The summed E-state index contributed by atoms with van der Waals surface area (Å²) in [6, 6.07) is 4.66. The molecule has 7 heteroatoms. The van der Waals surface area contributed by atoms with Gasteiger partial charge in [0.1, 0.15) is 5.82 Å². The maximum atomic E-state index is 13.5. The van der Waals surface area contributed by atoms with Gasteiger partial charge in [-0.25, -0.2) is 4.39 Å². The lowest BCUT2D eigenvalue weighted by molar-refractivity contribution is 0.625. The van der Waals surface area contributed by atoms with Crippen LogP contribution in [0.2, 0.25) is 0 Å². The predicted octanol–water partition coefficient (Wildman–Crippen LogP) is 3.29. The molecule has 1 N–H and O–H groups in total. The molecule has 0 atom stereocenters. The van der Waals surface area contributed by atoms with Crippen molar-refractivity contribution in [2.75, 3.05) is 0 Å². The summed E-state index contributed by atoms with van der Waals surface area (Å²) in [6.07, 6.45) is 2.11. The van der Waals surface area contributed by atoms with Crippen molar-refractivity contribution in [1.29, 1.82) is 0 Å². The molecule has 0 saturated carbocycles. The summed E-state index contributed by atoms with van der Waals surface area (Å²) in [6.45, 7) is 1.94. The largest absolute Gasteiger partial charge is 0.250 e. The normalized spacial score (nSPS) is 11.3. The van der Waals surface area contributed by atoms with E-state index < -0.39 is 0 Å². The van der Waals surface area contributed by atoms with E-state index in [0.29, 0.717) is 22.6 Å². The third-order valence-corrected chi connectivity index (χ3v) is 3.06. The standard InChI is InChI=1S/C11H10BrFN4S/c1-2-10-15-16-11(18)17(10)14-6-7-5-8(12)3-4-9(7)13/h3-6H,2H2,1H3,(H,16,18)/b14-6+. The monoisotopic (exact) mass is 328 g/mol. The molecule has 0 fully saturated rings. The quantitative estimate of drug-likeness (QED) is 0.694. The Kier molecular flexibility index (Phi) is 4.03. The fraction of sp³-hybridized carbons (Fsp3) is 0.182. The molecule has 0 bridgehead atoms. The Balaban J connectivity index is 2.38. The summed E-state index contributed by atoms with van der Waals surface area (Å²) in [4.78, 5) is 0. The number of nitrogens with zero attached hydrogens (tertiary/aromatic N) is 3. The molecular formula is C11H10BrFN4S. The van der Waals surface area contributed by atoms with E-state index in [1.165, 1.54) is 17.0 Å². The second-order valence-corrected chi connectivity index (χ2v) is 4.82. The van der Waals surface area contributed by atoms with Crippen molar-refractivity contribution in [1.82, 2.24) is 14.9 Å². The van der Waals surface area contributed by atoms with Gasteiger partial charge in [-0.05, 0) is 30.4 Å². The van der Waals surface area contributed by atoms with Crippen LogP contribution in [0.1, 0.15) is 18.3 Å². The minimum absolute atomic E-state index is 0.338. The van der Waals surface area contributed by atoms with Crippen LogP contribution in [-0.2, 0) is 6.42 Å². The van der Waals surface area contributed by atoms with Gasteiger partial charge in [0, 0.05) is 16.5 Å². The summed E-state index contributed by atoms with van der Waals surface area (Å²) >= 11 is 8.32. The van der Waals surface area contributed by atoms with E-state index in [9.17, 15) is 4.39 Å². The van der Waals surface area contributed by atoms with Gasteiger partial charge in [0.2, 0.25) is 4.77 Å². The zero-order valence-corrected chi connectivity index (χ0v) is 11.9. The van der Waals surface area contributed by atoms with Crippen molar-refractivity contribution in [3.05, 3.63) is 44.6 Å². The molecule has 0 unspecified atom stereocenters. The number of H-pyrrole nitrogens is 1. The van der Waals surface area contributed by atoms with Gasteiger partial charge in [-0.1, -0.05) is 22.9 Å². The molecule has 0 aliphatic heterocycles. The maximum Gasteiger partial charge on any atom is 0.216 e. The van der Waals surface area contributed by atoms with Crippen LogP contribution < -0.4 is 0 Å². The molecule has 1 aromatic heterocycles. The minimum Gasteiger partial charge on any atom is -0.250 e. The molecule has 4 nitrogen and oxygen atoms in total. The highest BCUT2D eigenvalue weighted by Gasteiger charge is 2.03. The molecule has 0 amide bonds. The van der Waals surface area contributed by atoms with Crippen LogP contribution in [0.4, 0.5) is 4.39 Å². The van der Waals surface area contributed by atoms with Gasteiger partial charge in [-0.15, -0.1) is 0 Å². The van der Waals surface area contributed by atoms with Crippen LogP contribution in [0.5, 0.6) is 0 Å². The average molecular weight is 329 g/mol. The zero-order chi connectivity index (χ0) is 13.1. The summed E-state index contributed by atoms with van der Waals surface area (Å²) < 4.78 is 16.2. The molecule has 0 radical (unpaired) electrons. The minimum atomic E-state index is -0.338. The lowest BCUT2D eigenvalue weighted by Crippen LogP contribution is -1.98. The number of aryl methyl sites for hydroxylation is 1. The number of hydrogen-bond donors (Lipinski definition) is 1. The molecule has 0 saturated heterocycles. The first-order chi connectivity index (χ1) is 8.61. The number of aromatic nitrogens is 3. The Morgan fingerprint density at radius 1 is 1.61 bits per heavy atom. The summed E-state index contributed by atoms with van der Waals surface area (Å²) in [5.74, 6) is 0.363. The molecule has 2 aromatic rings. The van der Waals surface area contributed by atoms with E-state index >= 15 is 0 Å². The molecular weight excluding hydrogens is 319 g/mol. The Morgan fingerprint density at radius 2 is 2.39 bits per heavy atom. The molecule has 94 valence electrons. The van der Waals surface area contributed by atoms with Gasteiger partial charge >= 0.3 is 0 Å². The van der Waals surface area contributed by atoms with Crippen molar-refractivity contribution in [2.45, 2.75) is 13.3 Å². The van der Waals surface area contributed by atoms with Crippen molar-refractivity contribution in [3.63, 3.8) is 0 Å². The van der Waals surface area contributed by atoms with E-state index in [2.05, 4.69) is 31.2 Å². The number of halogens is 2. The molecule has 0 aliphatic carbocycles. The highest BCUT2D eigenvalue weighted by Crippen LogP contribution is 2.14. The topological polar surface area (TPSA) is 46.0 Å². The van der Waals surface area contributed by atoms with Crippen molar-refractivity contribution in [3.8, 4) is 0 Å². The third-order valence-electron chi connectivity index (χ3n) is 2.30. The van der Waals surface area contributed by atoms with E-state index in [4.69, 9.17) is 12.2 Å². The van der Waals surface area contributed by atoms with Gasteiger partial charge < -0.3 is 0 Å². The van der Waals surface area contributed by atoms with Crippen LogP contribution in [-0.4, -0.2) is 21.1 Å². The Hall–Kier alpha value is -1.34. The van der Waals surface area contributed by atoms with Crippen LogP contribution in [0.3, 0.4) is 0 Å². The van der Waals surface area contributed by atoms with Gasteiger partial charge in [-0.2, -0.15) is 14.9 Å². The summed E-state index contributed by atoms with van der Waals surface area (Å²) in [5.41, 5.74) is 0.384. The second kappa shape index (κ2) is 5.53. The molecule has 0 aliphatic rings. The first-order valence-electron chi connectivity index (χ1n) is 5.27. The number of benzene rings is 1. The smallest absolute Gasteiger partial charge is 0.216 e. The third kappa shape index (κ3) is 2.73. The highest BCUT2D eigenvalue weighted by atomic mass is 79.9. The Morgan fingerprint density at radius 3 is 3.11 bits per heavy atom. The fourth-order valence-corrected chi connectivity index (χ4v) is 1.98. The summed E-state index contributed by atoms with van der Waals surface area (Å²) in [7, 11) is 0. The SMILES string of the molecule is CCc1n[nH]c(=S)n1/N=C/c1cc(Br)ccc1F. The van der Waals surface area contributed by atoms with Gasteiger partial charge in [0.25, 0.3) is 0 Å². The molecule has 2 rings (SSSR count). The number of nitrogens with one attached hydrogen (secondary N) is 1. The average Bonchev–Trinajstić information content (AvgIpc) is 2.71. The van der Waals surface area contributed by atoms with Gasteiger partial charge in [0.15, 0.2) is 5.82 Å². The fourth-order valence-electron chi connectivity index (χ4n) is 1.41. The molecule has 1 aromatic carbocycles. The van der Waals surface area contributed by atoms with Crippen molar-refractivity contribution >= 4 is 34.4 Å². The zero-order valence-electron chi connectivity index (χ0n) is 9.52. The number of rotatable bonds is 3. The van der Waals surface area contributed by atoms with Crippen LogP contribution in [0.15, 0.2) is 27.8 Å². The van der Waals surface area contributed by atoms with Crippen LogP contribution in [0.25, 0.3) is 0 Å². The van der Waals surface area contributed by atoms with Crippen molar-refractivity contribution in [2.24, 2.45) is 5.10 Å². The first-order valence-corrected chi connectivity index (χ1v) is 6.47. The van der Waals surface area contributed by atoms with E-state index in [1.54, 1.807) is 12.1 Å². The second-order valence-electron chi connectivity index (χ2n) is 3.52. The summed E-state index contributed by atoms with van der Waals surface area (Å²) in [5, 5.41) is 10.8. The Bertz CT molecular complexity index is 647. The Labute approximate surface area is 117 Å². The van der Waals surface area contributed by atoms with E-state index in [-0.39, 0.29) is 5.82 Å². The van der Waals surface area contributed by atoms with Crippen molar-refractivity contribution < 1.29 is 4.39 Å². The lowest BCUT2D eigenvalue weighted by atomic mass is 10.2. The van der Waals surface area contributed by atoms with Gasteiger partial charge in [-0.3, -0.25) is 5.10 Å². The number of aromatic amines is 1. The van der Waals surface area contributed by atoms with Crippen LogP contribution >= 0.6 is 28.1 Å². The molecule has 1 heterocycles. The lowest BCUT2D eigenvalue weighted by Gasteiger charge is -1.99. The molecule has 0 spiro atoms. The maximum absolute atomic E-state index is 13.5. The van der Waals surface area contributed by atoms with Gasteiger partial charge in [0.05, 0.1) is 6.21 Å². The van der Waals surface area contributed by atoms with E-state index in [1.807, 2.05) is 6.92 Å². The predicted molar refractivity (Wildman–Crippen MR) is 73.9 cm³/mol.